The molecule has 0 aliphatic carbocycles. The highest BCUT2D eigenvalue weighted by molar-refractivity contribution is 5.39. The molecule has 1 heterocycles. The molecule has 0 saturated heterocycles. The summed E-state index contributed by atoms with van der Waals surface area (Å²) < 4.78 is 14.4. The molecule has 15 heavy (non-hydrogen) atoms. The lowest BCUT2D eigenvalue weighted by Crippen LogP contribution is -1.98. The average molecular weight is 207 g/mol. The van der Waals surface area contributed by atoms with Crippen LogP contribution in [0.25, 0.3) is 5.69 Å². The Bertz CT molecular complexity index is 481. The maximum atomic E-state index is 12.8. The van der Waals surface area contributed by atoms with E-state index in [0.717, 1.165) is 11.3 Å². The molecule has 1 aromatic heterocycles. The van der Waals surface area contributed by atoms with Gasteiger partial charge in [0.25, 0.3) is 0 Å². The minimum absolute atomic E-state index is 0.153. The van der Waals surface area contributed by atoms with E-state index >= 15 is 0 Å². The van der Waals surface area contributed by atoms with Crippen LogP contribution in [-0.4, -0.2) is 20.1 Å². The van der Waals surface area contributed by atoms with Crippen LogP contribution >= 0.6 is 0 Å². The van der Waals surface area contributed by atoms with Crippen molar-refractivity contribution >= 4 is 0 Å². The van der Waals surface area contributed by atoms with Gasteiger partial charge in [-0.15, -0.1) is 5.10 Å². The normalized spacial score (nSPS) is 10.6. The quantitative estimate of drug-likeness (QED) is 0.805. The van der Waals surface area contributed by atoms with Gasteiger partial charge in [-0.25, -0.2) is 9.07 Å². The van der Waals surface area contributed by atoms with E-state index in [9.17, 15) is 4.39 Å². The second-order valence-electron chi connectivity index (χ2n) is 3.24. The molecule has 0 bridgehead atoms. The first kappa shape index (κ1) is 9.79. The summed E-state index contributed by atoms with van der Waals surface area (Å²) in [5.74, 6) is -0.279. The van der Waals surface area contributed by atoms with Gasteiger partial charge in [0.2, 0.25) is 0 Å². The van der Waals surface area contributed by atoms with Crippen molar-refractivity contribution in [2.45, 2.75) is 13.5 Å². The van der Waals surface area contributed by atoms with Crippen molar-refractivity contribution < 1.29 is 9.50 Å². The van der Waals surface area contributed by atoms with Crippen LogP contribution in [-0.2, 0) is 6.61 Å². The lowest BCUT2D eigenvalue weighted by Gasteiger charge is -2.03. The molecule has 0 radical (unpaired) electrons. The molecular formula is C10H10FN3O. The lowest BCUT2D eigenvalue weighted by molar-refractivity contribution is 0.276. The van der Waals surface area contributed by atoms with Crippen LogP contribution in [0.2, 0.25) is 0 Å². The second-order valence-corrected chi connectivity index (χ2v) is 3.24. The molecule has 78 valence electrons. The molecule has 0 atom stereocenters. The topological polar surface area (TPSA) is 50.9 Å². The molecular weight excluding hydrogens is 197 g/mol. The van der Waals surface area contributed by atoms with Gasteiger partial charge in [-0.2, -0.15) is 0 Å². The molecule has 0 aliphatic heterocycles. The minimum Gasteiger partial charge on any atom is -0.390 e. The van der Waals surface area contributed by atoms with E-state index in [1.807, 2.05) is 0 Å². The number of halogens is 1. The zero-order valence-electron chi connectivity index (χ0n) is 8.18. The fourth-order valence-corrected chi connectivity index (χ4v) is 1.36. The highest BCUT2D eigenvalue weighted by Gasteiger charge is 2.05. The van der Waals surface area contributed by atoms with Gasteiger partial charge < -0.3 is 5.11 Å². The molecule has 0 amide bonds. The van der Waals surface area contributed by atoms with Crippen LogP contribution in [0.1, 0.15) is 11.3 Å². The Hall–Kier alpha value is -1.75. The Morgan fingerprint density at radius 3 is 2.87 bits per heavy atom. The number of nitrogens with zero attached hydrogens (tertiary/aromatic N) is 3. The zero-order chi connectivity index (χ0) is 10.8. The van der Waals surface area contributed by atoms with Crippen molar-refractivity contribution in [3.8, 4) is 5.69 Å². The third kappa shape index (κ3) is 1.87. The zero-order valence-corrected chi connectivity index (χ0v) is 8.18. The molecule has 1 N–H and O–H groups in total. The van der Waals surface area contributed by atoms with E-state index in [-0.39, 0.29) is 12.4 Å². The number of benzene rings is 1. The fourth-order valence-electron chi connectivity index (χ4n) is 1.36. The summed E-state index contributed by atoms with van der Waals surface area (Å²) in [6.07, 6.45) is 1.61. The third-order valence-electron chi connectivity index (χ3n) is 2.11. The molecule has 2 aromatic rings. The van der Waals surface area contributed by atoms with Gasteiger partial charge in [0, 0.05) is 0 Å². The first-order valence-corrected chi connectivity index (χ1v) is 4.49. The maximum Gasteiger partial charge on any atom is 0.123 e. The first-order valence-electron chi connectivity index (χ1n) is 4.49. The Labute approximate surface area is 86.0 Å². The van der Waals surface area contributed by atoms with Gasteiger partial charge >= 0.3 is 0 Å². The van der Waals surface area contributed by atoms with E-state index < -0.39 is 0 Å². The Balaban J connectivity index is 2.44. The number of hydrogen-bond acceptors (Lipinski definition) is 3. The predicted octanol–water partition coefficient (Wildman–Crippen LogP) is 1.21. The molecule has 4 nitrogen and oxygen atoms in total. The monoisotopic (exact) mass is 207 g/mol. The number of rotatable bonds is 2. The fraction of sp³-hybridized carbons (Fsp3) is 0.200. The molecule has 2 rings (SSSR count). The summed E-state index contributed by atoms with van der Waals surface area (Å²) in [4.78, 5) is 0. The molecule has 0 spiro atoms. The Morgan fingerprint density at radius 2 is 2.27 bits per heavy atom. The van der Waals surface area contributed by atoms with Gasteiger partial charge in [-0.1, -0.05) is 5.21 Å². The number of aliphatic hydroxyl groups excluding tert-OH is 1. The van der Waals surface area contributed by atoms with Gasteiger partial charge in [0.15, 0.2) is 0 Å². The van der Waals surface area contributed by atoms with Gasteiger partial charge in [0.05, 0.1) is 18.5 Å². The van der Waals surface area contributed by atoms with E-state index in [1.54, 1.807) is 19.2 Å². The third-order valence-corrected chi connectivity index (χ3v) is 2.11. The summed E-state index contributed by atoms with van der Waals surface area (Å²) in [6, 6.07) is 4.42. The average Bonchev–Trinajstić information content (AvgIpc) is 2.66. The van der Waals surface area contributed by atoms with Crippen molar-refractivity contribution in [3.05, 3.63) is 41.5 Å². The molecule has 0 saturated carbocycles. The van der Waals surface area contributed by atoms with Crippen LogP contribution in [0.15, 0.2) is 24.4 Å². The van der Waals surface area contributed by atoms with E-state index in [0.29, 0.717) is 5.69 Å². The van der Waals surface area contributed by atoms with Gasteiger partial charge in [-0.3, -0.25) is 0 Å². The largest absolute Gasteiger partial charge is 0.390 e. The maximum absolute atomic E-state index is 12.8. The second kappa shape index (κ2) is 3.78. The smallest absolute Gasteiger partial charge is 0.123 e. The SMILES string of the molecule is Cc1cc(F)ccc1-n1cc(CO)nn1. The number of aliphatic hydroxyl groups is 1. The summed E-state index contributed by atoms with van der Waals surface area (Å²) in [5.41, 5.74) is 2.01. The van der Waals surface area contributed by atoms with Crippen LogP contribution in [0.3, 0.4) is 0 Å². The van der Waals surface area contributed by atoms with Gasteiger partial charge in [-0.05, 0) is 30.7 Å². The molecule has 1 aromatic carbocycles. The summed E-state index contributed by atoms with van der Waals surface area (Å²) in [7, 11) is 0. The summed E-state index contributed by atoms with van der Waals surface area (Å²) in [5, 5.41) is 16.4. The van der Waals surface area contributed by atoms with Gasteiger partial charge in [0.1, 0.15) is 11.5 Å². The minimum atomic E-state index is -0.279. The van der Waals surface area contributed by atoms with Crippen LogP contribution < -0.4 is 0 Å². The van der Waals surface area contributed by atoms with E-state index in [1.165, 1.54) is 16.8 Å². The Morgan fingerprint density at radius 1 is 1.47 bits per heavy atom. The molecule has 0 aliphatic rings. The highest BCUT2D eigenvalue weighted by Crippen LogP contribution is 2.14. The summed E-state index contributed by atoms with van der Waals surface area (Å²) in [6.45, 7) is 1.64. The van der Waals surface area contributed by atoms with Crippen LogP contribution in [0.5, 0.6) is 0 Å². The predicted molar refractivity (Wildman–Crippen MR) is 52.0 cm³/mol. The summed E-state index contributed by atoms with van der Waals surface area (Å²) >= 11 is 0. The van der Waals surface area contributed by atoms with E-state index in [4.69, 9.17) is 5.11 Å². The van der Waals surface area contributed by atoms with Crippen molar-refractivity contribution in [1.29, 1.82) is 0 Å². The van der Waals surface area contributed by atoms with Crippen molar-refractivity contribution in [3.63, 3.8) is 0 Å². The van der Waals surface area contributed by atoms with Crippen molar-refractivity contribution in [2.75, 3.05) is 0 Å². The first-order chi connectivity index (χ1) is 7.20. The Kier molecular flexibility index (Phi) is 2.47. The van der Waals surface area contributed by atoms with Crippen molar-refractivity contribution in [1.82, 2.24) is 15.0 Å². The standard InChI is InChI=1S/C10H10FN3O/c1-7-4-8(11)2-3-10(7)14-5-9(6-15)12-13-14/h2-5,15H,6H2,1H3. The lowest BCUT2D eigenvalue weighted by atomic mass is 10.2. The van der Waals surface area contributed by atoms with E-state index in [2.05, 4.69) is 10.3 Å². The van der Waals surface area contributed by atoms with Crippen LogP contribution in [0.4, 0.5) is 4.39 Å². The van der Waals surface area contributed by atoms with Crippen molar-refractivity contribution in [2.24, 2.45) is 0 Å². The van der Waals surface area contributed by atoms with Crippen LogP contribution in [0, 0.1) is 12.7 Å². The highest BCUT2D eigenvalue weighted by atomic mass is 19.1. The molecule has 0 fully saturated rings. The number of hydrogen-bond donors (Lipinski definition) is 1. The molecule has 5 heteroatoms. The molecule has 0 unspecified atom stereocenters. The number of aromatic nitrogens is 3. The number of aryl methyl sites for hydroxylation is 1.